The largest absolute Gasteiger partial charge is 0.481 e. The summed E-state index contributed by atoms with van der Waals surface area (Å²) in [6, 6.07) is 0.180. The van der Waals surface area contributed by atoms with Gasteiger partial charge in [0.2, 0.25) is 0 Å². The number of carbonyl (C=O) groups excluding carboxylic acids is 1. The van der Waals surface area contributed by atoms with Crippen LogP contribution in [0.1, 0.15) is 64.7 Å². The van der Waals surface area contributed by atoms with Gasteiger partial charge in [0, 0.05) is 13.1 Å². The molecule has 2 aliphatic rings. The predicted octanol–water partition coefficient (Wildman–Crippen LogP) is 2.99. The normalized spacial score (nSPS) is 28.1. The van der Waals surface area contributed by atoms with Crippen molar-refractivity contribution in [3.63, 3.8) is 0 Å². The number of carboxylic acids is 1. The maximum Gasteiger partial charge on any atom is 0.317 e. The van der Waals surface area contributed by atoms with Crippen LogP contribution in [0.15, 0.2) is 0 Å². The number of nitrogens with zero attached hydrogens (tertiary/aromatic N) is 1. The molecule has 2 unspecified atom stereocenters. The zero-order chi connectivity index (χ0) is 15.5. The molecule has 5 heteroatoms. The number of rotatable bonds is 4. The number of carbonyl (C=O) groups is 2. The summed E-state index contributed by atoms with van der Waals surface area (Å²) < 4.78 is 0. The van der Waals surface area contributed by atoms with Gasteiger partial charge >= 0.3 is 12.0 Å². The Hall–Kier alpha value is -1.26. The fourth-order valence-corrected chi connectivity index (χ4v) is 4.02. The highest BCUT2D eigenvalue weighted by atomic mass is 16.4. The third-order valence-electron chi connectivity index (χ3n) is 5.31. The highest BCUT2D eigenvalue weighted by Crippen LogP contribution is 2.33. The fourth-order valence-electron chi connectivity index (χ4n) is 4.02. The van der Waals surface area contributed by atoms with Crippen molar-refractivity contribution in [2.24, 2.45) is 5.92 Å². The molecule has 2 N–H and O–H groups in total. The first-order chi connectivity index (χ1) is 9.93. The van der Waals surface area contributed by atoms with Gasteiger partial charge in [-0.3, -0.25) is 4.79 Å². The Kier molecular flexibility index (Phi) is 5.12. The van der Waals surface area contributed by atoms with E-state index >= 15 is 0 Å². The van der Waals surface area contributed by atoms with Gasteiger partial charge < -0.3 is 15.3 Å². The molecule has 2 saturated carbocycles. The minimum atomic E-state index is -0.828. The van der Waals surface area contributed by atoms with Crippen molar-refractivity contribution in [1.82, 2.24) is 10.2 Å². The predicted molar refractivity (Wildman–Crippen MR) is 81.2 cm³/mol. The van der Waals surface area contributed by atoms with Gasteiger partial charge in [0.15, 0.2) is 0 Å². The third kappa shape index (κ3) is 3.89. The molecule has 0 aromatic heterocycles. The van der Waals surface area contributed by atoms with Gasteiger partial charge in [0.25, 0.3) is 0 Å². The van der Waals surface area contributed by atoms with Crippen LogP contribution in [0.25, 0.3) is 0 Å². The van der Waals surface area contributed by atoms with E-state index in [1.54, 1.807) is 0 Å². The first-order valence-electron chi connectivity index (χ1n) is 8.20. The number of hydrogen-bond donors (Lipinski definition) is 2. The molecule has 2 amide bonds. The topological polar surface area (TPSA) is 69.6 Å². The molecule has 120 valence electrons. The van der Waals surface area contributed by atoms with Crippen LogP contribution in [-0.4, -0.2) is 40.6 Å². The second-order valence-corrected chi connectivity index (χ2v) is 6.93. The Bertz CT molecular complexity index is 391. The zero-order valence-electron chi connectivity index (χ0n) is 13.2. The van der Waals surface area contributed by atoms with Crippen LogP contribution in [0, 0.1) is 5.92 Å². The second kappa shape index (κ2) is 6.67. The Morgan fingerprint density at radius 3 is 2.38 bits per heavy atom. The summed E-state index contributed by atoms with van der Waals surface area (Å²) >= 11 is 0. The molecule has 21 heavy (non-hydrogen) atoms. The summed E-state index contributed by atoms with van der Waals surface area (Å²) in [6.45, 7) is 2.20. The number of hydrogen-bond acceptors (Lipinski definition) is 2. The third-order valence-corrected chi connectivity index (χ3v) is 5.31. The van der Waals surface area contributed by atoms with Crippen molar-refractivity contribution >= 4 is 12.0 Å². The van der Waals surface area contributed by atoms with Gasteiger partial charge in [-0.05, 0) is 31.6 Å². The van der Waals surface area contributed by atoms with Crippen molar-refractivity contribution in [3.8, 4) is 0 Å². The van der Waals surface area contributed by atoms with Gasteiger partial charge in [-0.1, -0.05) is 32.6 Å². The standard InChI is InChI=1S/C16H28N2O3/c1-12-7-3-4-8-13(12)18(2)15(21)17-16(11-14(19)20)9-5-6-10-16/h12-13H,3-11H2,1-2H3,(H,17,21)(H,19,20). The second-order valence-electron chi connectivity index (χ2n) is 6.93. The average Bonchev–Trinajstić information content (AvgIpc) is 2.85. The Labute approximate surface area is 127 Å². The highest BCUT2D eigenvalue weighted by Gasteiger charge is 2.39. The Morgan fingerprint density at radius 1 is 1.19 bits per heavy atom. The molecule has 2 rings (SSSR count). The molecule has 0 bridgehead atoms. The molecule has 0 aromatic rings. The summed E-state index contributed by atoms with van der Waals surface area (Å²) in [6.07, 6.45) is 8.22. The summed E-state index contributed by atoms with van der Waals surface area (Å²) in [5.41, 5.74) is -0.533. The Balaban J connectivity index is 1.99. The summed E-state index contributed by atoms with van der Waals surface area (Å²) in [4.78, 5) is 25.5. The van der Waals surface area contributed by atoms with E-state index in [-0.39, 0.29) is 18.5 Å². The van der Waals surface area contributed by atoms with Crippen molar-refractivity contribution < 1.29 is 14.7 Å². The van der Waals surface area contributed by atoms with Crippen molar-refractivity contribution in [2.75, 3.05) is 7.05 Å². The van der Waals surface area contributed by atoms with Crippen LogP contribution in [0.2, 0.25) is 0 Å². The lowest BCUT2D eigenvalue weighted by atomic mass is 9.85. The minimum Gasteiger partial charge on any atom is -0.481 e. The molecular formula is C16H28N2O3. The van der Waals surface area contributed by atoms with Crippen LogP contribution >= 0.6 is 0 Å². The van der Waals surface area contributed by atoms with Crippen LogP contribution in [0.4, 0.5) is 4.79 Å². The lowest BCUT2D eigenvalue weighted by molar-refractivity contribution is -0.138. The average molecular weight is 296 g/mol. The van der Waals surface area contributed by atoms with Gasteiger partial charge in [-0.15, -0.1) is 0 Å². The molecule has 2 fully saturated rings. The molecule has 2 atom stereocenters. The Morgan fingerprint density at radius 2 is 1.81 bits per heavy atom. The van der Waals surface area contributed by atoms with Gasteiger partial charge in [-0.25, -0.2) is 4.79 Å². The van der Waals surface area contributed by atoms with Crippen molar-refractivity contribution in [2.45, 2.75) is 76.3 Å². The lowest BCUT2D eigenvalue weighted by Crippen LogP contribution is -2.55. The van der Waals surface area contributed by atoms with Crippen LogP contribution in [0.5, 0.6) is 0 Å². The molecule has 0 spiro atoms. The monoisotopic (exact) mass is 296 g/mol. The molecule has 0 radical (unpaired) electrons. The van der Waals surface area contributed by atoms with Gasteiger partial charge in [0.1, 0.15) is 0 Å². The number of aliphatic carboxylic acids is 1. The summed E-state index contributed by atoms with van der Waals surface area (Å²) in [7, 11) is 1.85. The highest BCUT2D eigenvalue weighted by molar-refractivity contribution is 5.77. The smallest absolute Gasteiger partial charge is 0.317 e. The first-order valence-corrected chi connectivity index (χ1v) is 8.20. The molecule has 0 aromatic carbocycles. The van der Waals surface area contributed by atoms with Crippen molar-refractivity contribution in [1.29, 1.82) is 0 Å². The van der Waals surface area contributed by atoms with E-state index in [2.05, 4.69) is 12.2 Å². The van der Waals surface area contributed by atoms with Gasteiger partial charge in [0.05, 0.1) is 12.0 Å². The van der Waals surface area contributed by atoms with E-state index < -0.39 is 11.5 Å². The molecule has 2 aliphatic carbocycles. The van der Waals surface area contributed by atoms with Gasteiger partial charge in [-0.2, -0.15) is 0 Å². The van der Waals surface area contributed by atoms with E-state index in [1.807, 2.05) is 11.9 Å². The molecule has 0 heterocycles. The summed E-state index contributed by atoms with van der Waals surface area (Å²) in [5.74, 6) is -0.306. The molecule has 5 nitrogen and oxygen atoms in total. The van der Waals surface area contributed by atoms with E-state index in [4.69, 9.17) is 5.11 Å². The quantitative estimate of drug-likeness (QED) is 0.838. The molecule has 0 saturated heterocycles. The number of amides is 2. The maximum absolute atomic E-state index is 12.6. The van der Waals surface area contributed by atoms with E-state index in [0.717, 1.165) is 32.1 Å². The van der Waals surface area contributed by atoms with Crippen LogP contribution in [0.3, 0.4) is 0 Å². The first kappa shape index (κ1) is 16.1. The number of urea groups is 1. The lowest BCUT2D eigenvalue weighted by Gasteiger charge is -2.39. The fraction of sp³-hybridized carbons (Fsp3) is 0.875. The van der Waals surface area contributed by atoms with E-state index in [9.17, 15) is 9.59 Å². The van der Waals surface area contributed by atoms with E-state index in [1.165, 1.54) is 19.3 Å². The summed E-state index contributed by atoms with van der Waals surface area (Å²) in [5, 5.41) is 12.2. The van der Waals surface area contributed by atoms with Crippen LogP contribution in [-0.2, 0) is 4.79 Å². The zero-order valence-corrected chi connectivity index (χ0v) is 13.2. The number of nitrogens with one attached hydrogen (secondary N) is 1. The minimum absolute atomic E-state index is 0.0345. The van der Waals surface area contributed by atoms with Crippen LogP contribution < -0.4 is 5.32 Å². The molecular weight excluding hydrogens is 268 g/mol. The number of carboxylic acid groups (broad SMARTS) is 1. The maximum atomic E-state index is 12.6. The van der Waals surface area contributed by atoms with Crippen molar-refractivity contribution in [3.05, 3.63) is 0 Å². The SMILES string of the molecule is CC1CCCCC1N(C)C(=O)NC1(CC(=O)O)CCCC1. The molecule has 0 aliphatic heterocycles. The van der Waals surface area contributed by atoms with E-state index in [0.29, 0.717) is 5.92 Å².